The lowest BCUT2D eigenvalue weighted by Gasteiger charge is -2.26. The van der Waals surface area contributed by atoms with Crippen LogP contribution in [0.2, 0.25) is 0 Å². The number of hydrogen-bond donors (Lipinski definition) is 2. The summed E-state index contributed by atoms with van der Waals surface area (Å²) < 4.78 is 5.76. The van der Waals surface area contributed by atoms with Gasteiger partial charge in [-0.05, 0) is 12.1 Å². The van der Waals surface area contributed by atoms with Crippen LogP contribution < -0.4 is 10.1 Å². The zero-order chi connectivity index (χ0) is 10.1. The van der Waals surface area contributed by atoms with Crippen molar-refractivity contribution in [2.75, 3.05) is 19.7 Å². The van der Waals surface area contributed by atoms with Gasteiger partial charge in [-0.3, -0.25) is 0 Å². The molecule has 15 heavy (non-hydrogen) atoms. The minimum Gasteiger partial charge on any atom is -0.491 e. The number of fused-ring (bicyclic) bond motifs is 1. The molecule has 2 aromatic rings. The summed E-state index contributed by atoms with van der Waals surface area (Å²) in [5, 5.41) is 3.23. The van der Waals surface area contributed by atoms with Gasteiger partial charge in [-0.25, -0.2) is 4.98 Å². The molecule has 2 N–H and O–H groups in total. The highest BCUT2D eigenvalue weighted by Gasteiger charge is 2.17. The molecule has 0 amide bonds. The van der Waals surface area contributed by atoms with Crippen molar-refractivity contribution in [3.8, 4) is 5.75 Å². The molecule has 1 aromatic carbocycles. The number of para-hydroxylation sites is 1. The molecule has 3 rings (SSSR count). The van der Waals surface area contributed by atoms with Gasteiger partial charge in [0.25, 0.3) is 0 Å². The number of rotatable bonds is 3. The van der Waals surface area contributed by atoms with Crippen LogP contribution >= 0.6 is 0 Å². The van der Waals surface area contributed by atoms with E-state index in [2.05, 4.69) is 15.3 Å². The number of aromatic nitrogens is 2. The topological polar surface area (TPSA) is 49.9 Å². The SMILES string of the molecule is c1cc(OCC2CNC2)c2nc[nH]c2c1. The molecular weight excluding hydrogens is 190 g/mol. The van der Waals surface area contributed by atoms with Gasteiger partial charge in [0.2, 0.25) is 0 Å². The molecular formula is C11H13N3O. The molecule has 0 aliphatic carbocycles. The van der Waals surface area contributed by atoms with E-state index in [1.165, 1.54) is 0 Å². The Morgan fingerprint density at radius 2 is 2.33 bits per heavy atom. The van der Waals surface area contributed by atoms with E-state index < -0.39 is 0 Å². The van der Waals surface area contributed by atoms with Crippen molar-refractivity contribution in [1.82, 2.24) is 15.3 Å². The molecule has 4 heteroatoms. The van der Waals surface area contributed by atoms with E-state index in [1.54, 1.807) is 6.33 Å². The molecule has 0 bridgehead atoms. The number of H-pyrrole nitrogens is 1. The number of nitrogens with zero attached hydrogens (tertiary/aromatic N) is 1. The quantitative estimate of drug-likeness (QED) is 0.787. The predicted octanol–water partition coefficient (Wildman–Crippen LogP) is 1.16. The Morgan fingerprint density at radius 3 is 3.13 bits per heavy atom. The van der Waals surface area contributed by atoms with Crippen molar-refractivity contribution in [2.24, 2.45) is 5.92 Å². The lowest BCUT2D eigenvalue weighted by atomic mass is 10.1. The maximum Gasteiger partial charge on any atom is 0.147 e. The van der Waals surface area contributed by atoms with Crippen LogP contribution in [0.3, 0.4) is 0 Å². The van der Waals surface area contributed by atoms with Crippen LogP contribution in [0, 0.1) is 5.92 Å². The van der Waals surface area contributed by atoms with Crippen molar-refractivity contribution < 1.29 is 4.74 Å². The van der Waals surface area contributed by atoms with Gasteiger partial charge in [-0.2, -0.15) is 0 Å². The van der Waals surface area contributed by atoms with E-state index in [-0.39, 0.29) is 0 Å². The second-order valence-corrected chi connectivity index (χ2v) is 3.89. The summed E-state index contributed by atoms with van der Waals surface area (Å²) in [6.45, 7) is 2.91. The Hall–Kier alpha value is -1.55. The first kappa shape index (κ1) is 8.73. The molecule has 0 unspecified atom stereocenters. The number of ether oxygens (including phenoxy) is 1. The third kappa shape index (κ3) is 1.57. The van der Waals surface area contributed by atoms with Gasteiger partial charge >= 0.3 is 0 Å². The number of nitrogens with one attached hydrogen (secondary N) is 2. The summed E-state index contributed by atoms with van der Waals surface area (Å²) in [6.07, 6.45) is 1.70. The number of hydrogen-bond acceptors (Lipinski definition) is 3. The number of aromatic amines is 1. The van der Waals surface area contributed by atoms with Crippen molar-refractivity contribution in [3.63, 3.8) is 0 Å². The van der Waals surface area contributed by atoms with E-state index in [1.807, 2.05) is 18.2 Å². The van der Waals surface area contributed by atoms with Crippen LogP contribution in [0.4, 0.5) is 0 Å². The molecule has 1 saturated heterocycles. The molecule has 1 fully saturated rings. The molecule has 78 valence electrons. The fraction of sp³-hybridized carbons (Fsp3) is 0.364. The van der Waals surface area contributed by atoms with Crippen LogP contribution in [0.15, 0.2) is 24.5 Å². The first-order chi connectivity index (χ1) is 7.43. The molecule has 1 aliphatic heterocycles. The molecule has 0 saturated carbocycles. The minimum atomic E-state index is 0.652. The van der Waals surface area contributed by atoms with Gasteiger partial charge < -0.3 is 15.0 Å². The third-order valence-corrected chi connectivity index (χ3v) is 2.75. The highest BCUT2D eigenvalue weighted by Crippen LogP contribution is 2.22. The fourth-order valence-electron chi connectivity index (χ4n) is 1.73. The summed E-state index contributed by atoms with van der Waals surface area (Å²) in [5.41, 5.74) is 1.95. The van der Waals surface area contributed by atoms with Gasteiger partial charge in [-0.1, -0.05) is 6.07 Å². The monoisotopic (exact) mass is 203 g/mol. The zero-order valence-electron chi connectivity index (χ0n) is 8.36. The number of benzene rings is 1. The van der Waals surface area contributed by atoms with E-state index in [9.17, 15) is 0 Å². The van der Waals surface area contributed by atoms with Crippen LogP contribution in [0.5, 0.6) is 5.75 Å². The van der Waals surface area contributed by atoms with Gasteiger partial charge in [0, 0.05) is 19.0 Å². The summed E-state index contributed by atoms with van der Waals surface area (Å²) in [6, 6.07) is 5.95. The maximum atomic E-state index is 5.76. The Labute approximate surface area is 87.7 Å². The first-order valence-electron chi connectivity index (χ1n) is 5.19. The molecule has 0 spiro atoms. The molecule has 2 heterocycles. The van der Waals surface area contributed by atoms with E-state index >= 15 is 0 Å². The third-order valence-electron chi connectivity index (χ3n) is 2.75. The second-order valence-electron chi connectivity index (χ2n) is 3.89. The number of imidazole rings is 1. The van der Waals surface area contributed by atoms with Gasteiger partial charge in [0.15, 0.2) is 0 Å². The van der Waals surface area contributed by atoms with Crippen LogP contribution in [0.25, 0.3) is 11.0 Å². The Bertz CT molecular complexity index is 462. The largest absolute Gasteiger partial charge is 0.491 e. The van der Waals surface area contributed by atoms with Crippen LogP contribution in [-0.2, 0) is 0 Å². The smallest absolute Gasteiger partial charge is 0.147 e. The average Bonchev–Trinajstić information content (AvgIpc) is 2.63. The summed E-state index contributed by atoms with van der Waals surface area (Å²) in [7, 11) is 0. The van der Waals surface area contributed by atoms with Crippen molar-refractivity contribution in [3.05, 3.63) is 24.5 Å². The summed E-state index contributed by atoms with van der Waals surface area (Å²) in [5.74, 6) is 1.53. The van der Waals surface area contributed by atoms with E-state index in [4.69, 9.17) is 4.74 Å². The Balaban J connectivity index is 1.80. The Kier molecular flexibility index (Phi) is 2.07. The van der Waals surface area contributed by atoms with Gasteiger partial charge in [-0.15, -0.1) is 0 Å². The average molecular weight is 203 g/mol. The molecule has 0 atom stereocenters. The predicted molar refractivity (Wildman–Crippen MR) is 57.9 cm³/mol. The van der Waals surface area contributed by atoms with Gasteiger partial charge in [0.1, 0.15) is 11.3 Å². The van der Waals surface area contributed by atoms with Crippen molar-refractivity contribution in [2.45, 2.75) is 0 Å². The van der Waals surface area contributed by atoms with E-state index in [0.29, 0.717) is 5.92 Å². The molecule has 4 nitrogen and oxygen atoms in total. The van der Waals surface area contributed by atoms with Crippen molar-refractivity contribution in [1.29, 1.82) is 0 Å². The second kappa shape index (κ2) is 3.55. The van der Waals surface area contributed by atoms with Crippen LogP contribution in [0.1, 0.15) is 0 Å². The normalized spacial score (nSPS) is 16.5. The highest BCUT2D eigenvalue weighted by atomic mass is 16.5. The first-order valence-corrected chi connectivity index (χ1v) is 5.19. The molecule has 1 aliphatic rings. The summed E-state index contributed by atoms with van der Waals surface area (Å²) in [4.78, 5) is 7.32. The lowest BCUT2D eigenvalue weighted by molar-refractivity contribution is 0.200. The molecule has 0 radical (unpaired) electrons. The lowest BCUT2D eigenvalue weighted by Crippen LogP contribution is -2.45. The standard InChI is InChI=1S/C11H13N3O/c1-2-9-11(14-7-13-9)10(3-1)15-6-8-4-12-5-8/h1-3,7-8,12H,4-6H2,(H,13,14). The van der Waals surface area contributed by atoms with Crippen LogP contribution in [-0.4, -0.2) is 29.7 Å². The van der Waals surface area contributed by atoms with Crippen molar-refractivity contribution >= 4 is 11.0 Å². The summed E-state index contributed by atoms with van der Waals surface area (Å²) >= 11 is 0. The van der Waals surface area contributed by atoms with Gasteiger partial charge in [0.05, 0.1) is 18.5 Å². The Morgan fingerprint density at radius 1 is 1.40 bits per heavy atom. The fourth-order valence-corrected chi connectivity index (χ4v) is 1.73. The highest BCUT2D eigenvalue weighted by molar-refractivity contribution is 5.80. The molecule has 1 aromatic heterocycles. The zero-order valence-corrected chi connectivity index (χ0v) is 8.36. The maximum absolute atomic E-state index is 5.76. The minimum absolute atomic E-state index is 0.652. The van der Waals surface area contributed by atoms with E-state index in [0.717, 1.165) is 36.5 Å².